The van der Waals surface area contributed by atoms with E-state index >= 15 is 0 Å². The third-order valence-electron chi connectivity index (χ3n) is 4.95. The summed E-state index contributed by atoms with van der Waals surface area (Å²) in [4.78, 5) is 0. The van der Waals surface area contributed by atoms with E-state index in [1.54, 1.807) is 19.2 Å². The van der Waals surface area contributed by atoms with Crippen LogP contribution in [0.2, 0.25) is 0 Å². The highest BCUT2D eigenvalue weighted by molar-refractivity contribution is 5.54. The van der Waals surface area contributed by atoms with Gasteiger partial charge in [0.25, 0.3) is 0 Å². The summed E-state index contributed by atoms with van der Waals surface area (Å²) in [5.74, 6) is 1.11. The molecular formula is C26H28FNO2. The van der Waals surface area contributed by atoms with Gasteiger partial charge in [-0.25, -0.2) is 4.39 Å². The molecule has 0 aliphatic heterocycles. The van der Waals surface area contributed by atoms with Gasteiger partial charge in [-0.15, -0.1) is 6.58 Å². The highest BCUT2D eigenvalue weighted by atomic mass is 19.1. The van der Waals surface area contributed by atoms with E-state index in [9.17, 15) is 4.39 Å². The van der Waals surface area contributed by atoms with Crippen molar-refractivity contribution in [3.8, 4) is 11.5 Å². The summed E-state index contributed by atoms with van der Waals surface area (Å²) in [5.41, 5.74) is 5.43. The lowest BCUT2D eigenvalue weighted by atomic mass is 10.0. The molecule has 0 aliphatic rings. The van der Waals surface area contributed by atoms with E-state index in [0.717, 1.165) is 28.8 Å². The first-order chi connectivity index (χ1) is 14.6. The molecule has 3 rings (SSSR count). The molecule has 4 heteroatoms. The molecule has 0 aromatic heterocycles. The zero-order valence-electron chi connectivity index (χ0n) is 17.6. The Morgan fingerprint density at radius 3 is 2.47 bits per heavy atom. The van der Waals surface area contributed by atoms with E-state index in [4.69, 9.17) is 9.47 Å². The molecule has 0 saturated heterocycles. The largest absolute Gasteiger partial charge is 0.493 e. The second-order valence-electron chi connectivity index (χ2n) is 7.06. The molecule has 0 heterocycles. The Morgan fingerprint density at radius 2 is 1.77 bits per heavy atom. The first-order valence-electron chi connectivity index (χ1n) is 10.1. The summed E-state index contributed by atoms with van der Waals surface area (Å²) >= 11 is 0. The van der Waals surface area contributed by atoms with Crippen molar-refractivity contribution in [1.82, 2.24) is 0 Å². The van der Waals surface area contributed by atoms with Crippen LogP contribution < -0.4 is 14.8 Å². The van der Waals surface area contributed by atoms with Crippen LogP contribution in [0.5, 0.6) is 11.5 Å². The first kappa shape index (κ1) is 21.4. The molecule has 0 unspecified atom stereocenters. The Morgan fingerprint density at radius 1 is 1.00 bits per heavy atom. The van der Waals surface area contributed by atoms with Crippen LogP contribution in [-0.4, -0.2) is 7.11 Å². The van der Waals surface area contributed by atoms with Crippen molar-refractivity contribution < 1.29 is 13.9 Å². The zero-order chi connectivity index (χ0) is 21.3. The van der Waals surface area contributed by atoms with E-state index in [2.05, 4.69) is 43.1 Å². The maximum absolute atomic E-state index is 13.1. The standard InChI is InChI=1S/C26H28FNO2/c1-4-8-22-15-20(17-28-24-10-7-6-9-21(24)5-2)16-25(29-3)26(22)30-18-19-11-13-23(27)14-12-19/h4,6-7,9-16,28H,1,5,8,17-18H2,2-3H3. The van der Waals surface area contributed by atoms with Crippen LogP contribution in [0.3, 0.4) is 0 Å². The Labute approximate surface area is 178 Å². The van der Waals surface area contributed by atoms with Crippen molar-refractivity contribution >= 4 is 5.69 Å². The van der Waals surface area contributed by atoms with Gasteiger partial charge in [-0.05, 0) is 59.9 Å². The summed E-state index contributed by atoms with van der Waals surface area (Å²) in [6.45, 7) is 7.04. The molecular weight excluding hydrogens is 377 g/mol. The van der Waals surface area contributed by atoms with Gasteiger partial charge in [-0.3, -0.25) is 0 Å². The van der Waals surface area contributed by atoms with Gasteiger partial charge in [0.15, 0.2) is 11.5 Å². The molecule has 3 aromatic rings. The van der Waals surface area contributed by atoms with Crippen molar-refractivity contribution in [3.05, 3.63) is 101 Å². The SMILES string of the molecule is C=CCc1cc(CNc2ccccc2CC)cc(OC)c1OCc1ccc(F)cc1. The normalized spacial score (nSPS) is 10.5. The highest BCUT2D eigenvalue weighted by Gasteiger charge is 2.13. The quantitative estimate of drug-likeness (QED) is 0.401. The lowest BCUT2D eigenvalue weighted by molar-refractivity contribution is 0.281. The fraction of sp³-hybridized carbons (Fsp3) is 0.231. The topological polar surface area (TPSA) is 30.5 Å². The monoisotopic (exact) mass is 405 g/mol. The minimum Gasteiger partial charge on any atom is -0.493 e. The summed E-state index contributed by atoms with van der Waals surface area (Å²) in [6.07, 6.45) is 3.49. The van der Waals surface area contributed by atoms with Crippen molar-refractivity contribution in [1.29, 1.82) is 0 Å². The average Bonchev–Trinajstić information content (AvgIpc) is 2.78. The lowest BCUT2D eigenvalue weighted by Gasteiger charge is -2.18. The lowest BCUT2D eigenvalue weighted by Crippen LogP contribution is -2.06. The van der Waals surface area contributed by atoms with Gasteiger partial charge in [0, 0.05) is 17.8 Å². The molecule has 0 amide bonds. The number of halogens is 1. The number of hydrogen-bond donors (Lipinski definition) is 1. The maximum atomic E-state index is 13.1. The maximum Gasteiger partial charge on any atom is 0.165 e. The van der Waals surface area contributed by atoms with Crippen molar-refractivity contribution in [2.24, 2.45) is 0 Å². The molecule has 0 fully saturated rings. The number of hydrogen-bond acceptors (Lipinski definition) is 3. The number of aryl methyl sites for hydroxylation is 1. The van der Waals surface area contributed by atoms with E-state index in [1.165, 1.54) is 17.7 Å². The van der Waals surface area contributed by atoms with Gasteiger partial charge in [0.05, 0.1) is 7.11 Å². The van der Waals surface area contributed by atoms with Crippen LogP contribution in [0.4, 0.5) is 10.1 Å². The van der Waals surface area contributed by atoms with E-state index in [-0.39, 0.29) is 5.82 Å². The van der Waals surface area contributed by atoms with Crippen molar-refractivity contribution in [2.75, 3.05) is 12.4 Å². The average molecular weight is 406 g/mol. The molecule has 0 atom stereocenters. The van der Waals surface area contributed by atoms with Gasteiger partial charge < -0.3 is 14.8 Å². The number of nitrogens with one attached hydrogen (secondary N) is 1. The third-order valence-corrected chi connectivity index (χ3v) is 4.95. The van der Waals surface area contributed by atoms with E-state index in [0.29, 0.717) is 31.1 Å². The first-order valence-corrected chi connectivity index (χ1v) is 10.1. The molecule has 0 bridgehead atoms. The summed E-state index contributed by atoms with van der Waals surface area (Å²) in [5, 5.41) is 3.53. The summed E-state index contributed by atoms with van der Waals surface area (Å²) in [7, 11) is 1.64. The molecule has 3 aromatic carbocycles. The Balaban J connectivity index is 1.81. The zero-order valence-corrected chi connectivity index (χ0v) is 17.6. The molecule has 0 spiro atoms. The molecule has 0 aliphatic carbocycles. The van der Waals surface area contributed by atoms with Gasteiger partial charge >= 0.3 is 0 Å². The number of para-hydroxylation sites is 1. The second kappa shape index (κ2) is 10.5. The highest BCUT2D eigenvalue weighted by Crippen LogP contribution is 2.34. The van der Waals surface area contributed by atoms with Crippen molar-refractivity contribution in [2.45, 2.75) is 32.9 Å². The predicted octanol–water partition coefficient (Wildman–Crippen LogP) is 6.32. The van der Waals surface area contributed by atoms with Crippen LogP contribution >= 0.6 is 0 Å². The van der Waals surface area contributed by atoms with Crippen LogP contribution in [0, 0.1) is 5.82 Å². The molecule has 0 saturated carbocycles. The molecule has 1 N–H and O–H groups in total. The summed E-state index contributed by atoms with van der Waals surface area (Å²) < 4.78 is 24.8. The second-order valence-corrected chi connectivity index (χ2v) is 7.06. The van der Waals surface area contributed by atoms with Crippen molar-refractivity contribution in [3.63, 3.8) is 0 Å². The number of rotatable bonds is 10. The van der Waals surface area contributed by atoms with Crippen LogP contribution in [-0.2, 0) is 26.0 Å². The number of benzene rings is 3. The van der Waals surface area contributed by atoms with E-state index in [1.807, 2.05) is 18.2 Å². The smallest absolute Gasteiger partial charge is 0.165 e. The van der Waals surface area contributed by atoms with Crippen LogP contribution in [0.15, 0.2) is 73.3 Å². The molecule has 0 radical (unpaired) electrons. The number of anilines is 1. The summed E-state index contributed by atoms with van der Waals surface area (Å²) in [6, 6.07) is 18.8. The Hall–Kier alpha value is -3.27. The number of allylic oxidation sites excluding steroid dienone is 1. The molecule has 30 heavy (non-hydrogen) atoms. The van der Waals surface area contributed by atoms with E-state index < -0.39 is 0 Å². The van der Waals surface area contributed by atoms with Gasteiger partial charge in [0.1, 0.15) is 12.4 Å². The minimum atomic E-state index is -0.259. The Kier molecular flexibility index (Phi) is 7.50. The molecule has 156 valence electrons. The van der Waals surface area contributed by atoms with Gasteiger partial charge in [0.2, 0.25) is 0 Å². The van der Waals surface area contributed by atoms with Gasteiger partial charge in [-0.2, -0.15) is 0 Å². The van der Waals surface area contributed by atoms with Crippen LogP contribution in [0.25, 0.3) is 0 Å². The predicted molar refractivity (Wildman–Crippen MR) is 121 cm³/mol. The van der Waals surface area contributed by atoms with Gasteiger partial charge in [-0.1, -0.05) is 43.3 Å². The third kappa shape index (κ3) is 5.41. The molecule has 3 nitrogen and oxygen atoms in total. The van der Waals surface area contributed by atoms with Crippen LogP contribution in [0.1, 0.15) is 29.2 Å². The Bertz CT molecular complexity index is 983. The fourth-order valence-electron chi connectivity index (χ4n) is 3.38. The minimum absolute atomic E-state index is 0.259. The number of methoxy groups -OCH3 is 1. The number of ether oxygens (including phenoxy) is 2. The fourth-order valence-corrected chi connectivity index (χ4v) is 3.38.